The third kappa shape index (κ3) is 29.2. The Labute approximate surface area is 285 Å². The van der Waals surface area contributed by atoms with Gasteiger partial charge in [0, 0.05) is 0 Å². The van der Waals surface area contributed by atoms with E-state index >= 15 is 0 Å². The van der Waals surface area contributed by atoms with Gasteiger partial charge >= 0.3 is 0 Å². The first-order chi connectivity index (χ1) is 22.5. The SMILES string of the molecule is CCCCC/C=C\CCCCCCC(O)C(=O)NC(CO)C(O)C(O)CCCCCCCCCCCCCCCCCCCCC. The number of carbonyl (C=O) groups is 1. The number of rotatable bonds is 36. The van der Waals surface area contributed by atoms with Gasteiger partial charge in [0.05, 0.1) is 18.8 Å². The van der Waals surface area contributed by atoms with E-state index in [4.69, 9.17) is 0 Å². The van der Waals surface area contributed by atoms with Crippen LogP contribution in [-0.4, -0.2) is 57.3 Å². The summed E-state index contributed by atoms with van der Waals surface area (Å²) in [6.07, 6.45) is 36.7. The predicted molar refractivity (Wildman–Crippen MR) is 196 cm³/mol. The lowest BCUT2D eigenvalue weighted by Gasteiger charge is -2.27. The maximum Gasteiger partial charge on any atom is 0.249 e. The molecule has 0 aromatic carbocycles. The summed E-state index contributed by atoms with van der Waals surface area (Å²) in [5.41, 5.74) is 0. The van der Waals surface area contributed by atoms with Crippen LogP contribution in [0.4, 0.5) is 0 Å². The second-order valence-electron chi connectivity index (χ2n) is 14.0. The Bertz CT molecular complexity index is 658. The van der Waals surface area contributed by atoms with Crippen molar-refractivity contribution in [2.24, 2.45) is 0 Å². The molecule has 6 heteroatoms. The molecule has 0 heterocycles. The molecule has 0 aromatic rings. The number of hydrogen-bond acceptors (Lipinski definition) is 5. The fourth-order valence-corrected chi connectivity index (χ4v) is 6.22. The fraction of sp³-hybridized carbons (Fsp3) is 0.925. The maximum absolute atomic E-state index is 12.4. The minimum Gasteiger partial charge on any atom is -0.394 e. The van der Waals surface area contributed by atoms with Gasteiger partial charge < -0.3 is 25.7 Å². The highest BCUT2D eigenvalue weighted by molar-refractivity contribution is 5.80. The Morgan fingerprint density at radius 3 is 1.30 bits per heavy atom. The number of aliphatic hydroxyl groups excluding tert-OH is 4. The van der Waals surface area contributed by atoms with Gasteiger partial charge in [-0.1, -0.05) is 180 Å². The lowest BCUT2D eigenvalue weighted by molar-refractivity contribution is -0.132. The van der Waals surface area contributed by atoms with E-state index in [0.29, 0.717) is 12.8 Å². The van der Waals surface area contributed by atoms with E-state index in [9.17, 15) is 25.2 Å². The smallest absolute Gasteiger partial charge is 0.249 e. The van der Waals surface area contributed by atoms with E-state index < -0.39 is 36.9 Å². The molecule has 0 rings (SSSR count). The highest BCUT2D eigenvalue weighted by Gasteiger charge is 2.28. The summed E-state index contributed by atoms with van der Waals surface area (Å²) in [4.78, 5) is 12.4. The number of carbonyl (C=O) groups excluding carboxylic acids is 1. The second-order valence-corrected chi connectivity index (χ2v) is 14.0. The normalized spacial score (nSPS) is 14.5. The first-order valence-electron chi connectivity index (χ1n) is 20.1. The average Bonchev–Trinajstić information content (AvgIpc) is 3.06. The zero-order valence-corrected chi connectivity index (χ0v) is 30.6. The third-order valence-electron chi connectivity index (χ3n) is 9.48. The van der Waals surface area contributed by atoms with Gasteiger partial charge in [-0.15, -0.1) is 0 Å². The number of aliphatic hydroxyl groups is 4. The van der Waals surface area contributed by atoms with E-state index in [1.807, 2.05) is 0 Å². The van der Waals surface area contributed by atoms with Crippen LogP contribution in [0.15, 0.2) is 12.2 Å². The van der Waals surface area contributed by atoms with Gasteiger partial charge in [-0.25, -0.2) is 0 Å². The second kappa shape index (κ2) is 35.4. The Kier molecular flexibility index (Phi) is 34.6. The molecule has 4 unspecified atom stereocenters. The predicted octanol–water partition coefficient (Wildman–Crippen LogP) is 9.85. The molecule has 274 valence electrons. The van der Waals surface area contributed by atoms with Crippen LogP contribution < -0.4 is 5.32 Å². The first-order valence-corrected chi connectivity index (χ1v) is 20.1. The lowest BCUT2D eigenvalue weighted by Crippen LogP contribution is -2.53. The van der Waals surface area contributed by atoms with E-state index in [0.717, 1.165) is 57.8 Å². The van der Waals surface area contributed by atoms with Crippen LogP contribution in [0, 0.1) is 0 Å². The molecule has 0 aliphatic heterocycles. The van der Waals surface area contributed by atoms with Crippen molar-refractivity contribution in [3.63, 3.8) is 0 Å². The van der Waals surface area contributed by atoms with Crippen molar-refractivity contribution in [3.05, 3.63) is 12.2 Å². The zero-order valence-electron chi connectivity index (χ0n) is 30.6. The third-order valence-corrected chi connectivity index (χ3v) is 9.48. The van der Waals surface area contributed by atoms with Crippen LogP contribution in [0.1, 0.15) is 206 Å². The Hall–Kier alpha value is -0.950. The molecule has 0 radical (unpaired) electrons. The van der Waals surface area contributed by atoms with Crippen LogP contribution >= 0.6 is 0 Å². The number of amides is 1. The van der Waals surface area contributed by atoms with Crippen molar-refractivity contribution in [2.75, 3.05) is 6.61 Å². The van der Waals surface area contributed by atoms with E-state index in [1.54, 1.807) is 0 Å². The molecule has 0 bridgehead atoms. The molecule has 6 nitrogen and oxygen atoms in total. The van der Waals surface area contributed by atoms with Crippen molar-refractivity contribution < 1.29 is 25.2 Å². The van der Waals surface area contributed by atoms with Gasteiger partial charge in [0.15, 0.2) is 0 Å². The largest absolute Gasteiger partial charge is 0.394 e. The van der Waals surface area contributed by atoms with Crippen LogP contribution in [0.2, 0.25) is 0 Å². The van der Waals surface area contributed by atoms with E-state index in [-0.39, 0.29) is 0 Å². The van der Waals surface area contributed by atoms with Gasteiger partial charge in [0.25, 0.3) is 0 Å². The van der Waals surface area contributed by atoms with Gasteiger partial charge in [-0.3, -0.25) is 4.79 Å². The van der Waals surface area contributed by atoms with Crippen molar-refractivity contribution >= 4 is 5.91 Å². The van der Waals surface area contributed by atoms with Crippen molar-refractivity contribution in [1.82, 2.24) is 5.32 Å². The molecule has 5 N–H and O–H groups in total. The minimum atomic E-state index is -1.26. The minimum absolute atomic E-state index is 0.356. The standard InChI is InChI=1S/C40H79NO5/c1-3-5-7-9-11-13-15-16-17-18-19-20-21-22-24-25-27-29-31-33-37(43)39(45)36(35-42)41-40(46)38(44)34-32-30-28-26-23-14-12-10-8-6-4-2/h12,14,36-39,42-45H,3-11,13,15-35H2,1-2H3,(H,41,46)/b14-12-. The molecule has 1 amide bonds. The van der Waals surface area contributed by atoms with Crippen LogP contribution in [-0.2, 0) is 4.79 Å². The van der Waals surface area contributed by atoms with Crippen molar-refractivity contribution in [3.8, 4) is 0 Å². The average molecular weight is 654 g/mol. The molecule has 0 saturated heterocycles. The fourth-order valence-electron chi connectivity index (χ4n) is 6.22. The summed E-state index contributed by atoms with van der Waals surface area (Å²) >= 11 is 0. The molecule has 0 fully saturated rings. The molecule has 0 spiro atoms. The Morgan fingerprint density at radius 2 is 0.870 bits per heavy atom. The van der Waals surface area contributed by atoms with E-state index in [1.165, 1.54) is 122 Å². The van der Waals surface area contributed by atoms with Crippen molar-refractivity contribution in [1.29, 1.82) is 0 Å². The lowest BCUT2D eigenvalue weighted by atomic mass is 9.99. The summed E-state index contributed by atoms with van der Waals surface area (Å²) in [5, 5.41) is 43.5. The summed E-state index contributed by atoms with van der Waals surface area (Å²) < 4.78 is 0. The zero-order chi connectivity index (χ0) is 33.9. The molecule has 0 saturated carbocycles. The number of hydrogen-bond donors (Lipinski definition) is 5. The quantitative estimate of drug-likeness (QED) is 0.0342. The Balaban J connectivity index is 3.74. The van der Waals surface area contributed by atoms with Crippen LogP contribution in [0.25, 0.3) is 0 Å². The number of allylic oxidation sites excluding steroid dienone is 2. The molecular weight excluding hydrogens is 574 g/mol. The van der Waals surface area contributed by atoms with Gasteiger partial charge in [-0.2, -0.15) is 0 Å². The van der Waals surface area contributed by atoms with Gasteiger partial charge in [-0.05, 0) is 38.5 Å². The molecule has 0 aliphatic carbocycles. The monoisotopic (exact) mass is 654 g/mol. The van der Waals surface area contributed by atoms with Crippen LogP contribution in [0.3, 0.4) is 0 Å². The summed E-state index contributed by atoms with van der Waals surface area (Å²) in [6, 6.07) is -0.985. The Morgan fingerprint density at radius 1 is 0.522 bits per heavy atom. The topological polar surface area (TPSA) is 110 Å². The summed E-state index contributed by atoms with van der Waals surface area (Å²) in [5.74, 6) is -0.594. The molecule has 0 aliphatic rings. The first kappa shape index (κ1) is 45.0. The highest BCUT2D eigenvalue weighted by atomic mass is 16.3. The van der Waals surface area contributed by atoms with Gasteiger partial charge in [0.2, 0.25) is 5.91 Å². The van der Waals surface area contributed by atoms with E-state index in [2.05, 4.69) is 31.3 Å². The van der Waals surface area contributed by atoms with Crippen molar-refractivity contribution in [2.45, 2.75) is 231 Å². The maximum atomic E-state index is 12.4. The highest BCUT2D eigenvalue weighted by Crippen LogP contribution is 2.16. The number of nitrogens with one attached hydrogen (secondary N) is 1. The van der Waals surface area contributed by atoms with Gasteiger partial charge in [0.1, 0.15) is 12.2 Å². The van der Waals surface area contributed by atoms with Crippen LogP contribution in [0.5, 0.6) is 0 Å². The summed E-state index contributed by atoms with van der Waals surface area (Å²) in [7, 11) is 0. The summed E-state index contributed by atoms with van der Waals surface area (Å²) in [6.45, 7) is 4.01. The molecule has 4 atom stereocenters. The molecular formula is C40H79NO5. The molecule has 46 heavy (non-hydrogen) atoms. The number of unbranched alkanes of at least 4 members (excludes halogenated alkanes) is 25. The molecule has 0 aromatic heterocycles.